The van der Waals surface area contributed by atoms with Gasteiger partial charge in [0.2, 0.25) is 11.8 Å². The first-order valence-electron chi connectivity index (χ1n) is 8.06. The first-order valence-corrected chi connectivity index (χ1v) is 8.06. The smallest absolute Gasteiger partial charge is 0.330 e. The molecule has 11 heteroatoms. The molecule has 1 aromatic carbocycles. The molecule has 0 radical (unpaired) electrons. The average molecular weight is 386 g/mol. The summed E-state index contributed by atoms with van der Waals surface area (Å²) in [5.74, 6) is -2.09. The zero-order valence-corrected chi connectivity index (χ0v) is 14.6. The van der Waals surface area contributed by atoms with Gasteiger partial charge in [-0.3, -0.25) is 28.7 Å². The molecule has 0 amide bonds. The molecule has 3 aromatic rings. The highest BCUT2D eigenvalue weighted by atomic mass is 16.5. The Labute approximate surface area is 154 Å². The Kier molecular flexibility index (Phi) is 3.57. The van der Waals surface area contributed by atoms with Gasteiger partial charge in [0.1, 0.15) is 11.5 Å². The lowest BCUT2D eigenvalue weighted by Gasteiger charge is -2.27. The summed E-state index contributed by atoms with van der Waals surface area (Å²) >= 11 is 0. The van der Waals surface area contributed by atoms with E-state index in [-0.39, 0.29) is 34.1 Å². The summed E-state index contributed by atoms with van der Waals surface area (Å²) < 4.78 is 7.19. The van der Waals surface area contributed by atoms with Crippen molar-refractivity contribution in [3.63, 3.8) is 0 Å². The lowest BCUT2D eigenvalue weighted by atomic mass is 9.84. The predicted molar refractivity (Wildman–Crippen MR) is 95.4 cm³/mol. The lowest BCUT2D eigenvalue weighted by molar-refractivity contribution is 0.395. The van der Waals surface area contributed by atoms with E-state index in [1.807, 2.05) is 0 Å². The molecule has 4 N–H and O–H groups in total. The van der Waals surface area contributed by atoms with Crippen LogP contribution in [0.3, 0.4) is 0 Å². The summed E-state index contributed by atoms with van der Waals surface area (Å²) in [7, 11) is 2.50. The average Bonchev–Trinajstić information content (AvgIpc) is 2.63. The predicted octanol–water partition coefficient (Wildman–Crippen LogP) is -0.842. The first kappa shape index (κ1) is 17.4. The topological polar surface area (TPSA) is 159 Å². The minimum atomic E-state index is -1.16. The fourth-order valence-corrected chi connectivity index (χ4v) is 3.26. The highest BCUT2D eigenvalue weighted by molar-refractivity contribution is 5.58. The molecular weight excluding hydrogens is 372 g/mol. The van der Waals surface area contributed by atoms with E-state index in [4.69, 9.17) is 4.74 Å². The summed E-state index contributed by atoms with van der Waals surface area (Å²) in [6.45, 7) is 0. The Morgan fingerprint density at radius 2 is 1.64 bits per heavy atom. The summed E-state index contributed by atoms with van der Waals surface area (Å²) in [5.41, 5.74) is -3.30. The van der Waals surface area contributed by atoms with E-state index in [9.17, 15) is 29.4 Å². The number of benzene rings is 1. The quantitative estimate of drug-likeness (QED) is 0.332. The van der Waals surface area contributed by atoms with Crippen LogP contribution in [-0.2, 0) is 14.1 Å². The van der Waals surface area contributed by atoms with Crippen molar-refractivity contribution in [1.29, 1.82) is 0 Å². The maximum atomic E-state index is 12.8. The SMILES string of the molecule is Cn1c(O)c(C2c3ccc(O)cc3Oc3[nH]c(=O)n(C)c(=O)c32)c(=O)[nH]c1=O. The minimum Gasteiger partial charge on any atom is -0.508 e. The number of nitrogens with zero attached hydrogens (tertiary/aromatic N) is 2. The van der Waals surface area contributed by atoms with Gasteiger partial charge in [0.15, 0.2) is 0 Å². The minimum absolute atomic E-state index is 0.0778. The number of aromatic nitrogens is 4. The van der Waals surface area contributed by atoms with Gasteiger partial charge in [-0.25, -0.2) is 9.59 Å². The number of phenols is 1. The van der Waals surface area contributed by atoms with Gasteiger partial charge in [-0.2, -0.15) is 0 Å². The molecule has 0 saturated heterocycles. The molecule has 0 spiro atoms. The molecule has 4 rings (SSSR count). The Bertz CT molecular complexity index is 1370. The van der Waals surface area contributed by atoms with Crippen LogP contribution in [0, 0.1) is 0 Å². The van der Waals surface area contributed by atoms with E-state index in [0.29, 0.717) is 0 Å². The van der Waals surface area contributed by atoms with Crippen molar-refractivity contribution in [2.75, 3.05) is 0 Å². The number of hydrogen-bond acceptors (Lipinski definition) is 7. The number of hydrogen-bond donors (Lipinski definition) is 4. The van der Waals surface area contributed by atoms with Crippen LogP contribution in [-0.4, -0.2) is 29.3 Å². The maximum absolute atomic E-state index is 12.8. The van der Waals surface area contributed by atoms with Crippen LogP contribution < -0.4 is 27.2 Å². The first-order chi connectivity index (χ1) is 13.2. The van der Waals surface area contributed by atoms with Crippen molar-refractivity contribution in [2.45, 2.75) is 5.92 Å². The highest BCUT2D eigenvalue weighted by Gasteiger charge is 2.37. The molecule has 1 aliphatic rings. The van der Waals surface area contributed by atoms with Crippen LogP contribution in [0.4, 0.5) is 0 Å². The lowest BCUT2D eigenvalue weighted by Crippen LogP contribution is -2.39. The molecule has 0 saturated carbocycles. The summed E-state index contributed by atoms with van der Waals surface area (Å²) in [6, 6.07) is 3.99. The Balaban J connectivity index is 2.18. The van der Waals surface area contributed by atoms with Gasteiger partial charge in [-0.15, -0.1) is 0 Å². The molecule has 1 unspecified atom stereocenters. The molecule has 3 heterocycles. The number of fused-ring (bicyclic) bond motifs is 2. The van der Waals surface area contributed by atoms with Crippen LogP contribution in [0.5, 0.6) is 23.3 Å². The Morgan fingerprint density at radius 1 is 0.964 bits per heavy atom. The second-order valence-electron chi connectivity index (χ2n) is 6.35. The standard InChI is InChI=1S/C17H14N4O7/c1-20-14(24)10(12(23)18-16(20)26)9-7-4-3-6(22)5-8(7)28-13-11(9)15(25)21(2)17(27)19-13/h3-5,9,22,24H,1-2H3,(H,19,27)(H,18,23,26). The van der Waals surface area contributed by atoms with Crippen LogP contribution in [0.1, 0.15) is 22.6 Å². The number of aromatic amines is 2. The van der Waals surface area contributed by atoms with Crippen molar-refractivity contribution >= 4 is 0 Å². The third kappa shape index (κ3) is 2.29. The normalized spacial score (nSPS) is 14.9. The number of aromatic hydroxyl groups is 2. The summed E-state index contributed by atoms with van der Waals surface area (Å²) in [5, 5.41) is 20.3. The molecule has 144 valence electrons. The van der Waals surface area contributed by atoms with Crippen LogP contribution >= 0.6 is 0 Å². The maximum Gasteiger partial charge on any atom is 0.330 e. The van der Waals surface area contributed by atoms with Crippen molar-refractivity contribution in [1.82, 2.24) is 19.1 Å². The monoisotopic (exact) mass is 386 g/mol. The van der Waals surface area contributed by atoms with E-state index in [1.165, 1.54) is 32.3 Å². The fraction of sp³-hybridized carbons (Fsp3) is 0.176. The van der Waals surface area contributed by atoms with E-state index in [2.05, 4.69) is 9.97 Å². The van der Waals surface area contributed by atoms with Crippen LogP contribution in [0.15, 0.2) is 37.4 Å². The molecule has 0 fully saturated rings. The highest BCUT2D eigenvalue weighted by Crippen LogP contribution is 2.46. The molecule has 11 nitrogen and oxygen atoms in total. The second-order valence-corrected chi connectivity index (χ2v) is 6.35. The van der Waals surface area contributed by atoms with Crippen LogP contribution in [0.25, 0.3) is 0 Å². The van der Waals surface area contributed by atoms with Crippen molar-refractivity contribution in [3.05, 3.63) is 76.6 Å². The Morgan fingerprint density at radius 3 is 2.36 bits per heavy atom. The molecule has 2 aromatic heterocycles. The van der Waals surface area contributed by atoms with Gasteiger partial charge in [-0.1, -0.05) is 6.07 Å². The second kappa shape index (κ2) is 5.74. The van der Waals surface area contributed by atoms with E-state index in [0.717, 1.165) is 9.13 Å². The molecule has 0 bridgehead atoms. The third-order valence-corrected chi connectivity index (χ3v) is 4.73. The number of H-pyrrole nitrogens is 2. The zero-order chi connectivity index (χ0) is 20.3. The third-order valence-electron chi connectivity index (χ3n) is 4.73. The number of phenolic OH excluding ortho intramolecular Hbond substituents is 1. The van der Waals surface area contributed by atoms with Gasteiger partial charge in [-0.05, 0) is 6.07 Å². The molecule has 1 aliphatic heterocycles. The van der Waals surface area contributed by atoms with Gasteiger partial charge >= 0.3 is 11.4 Å². The number of ether oxygens (including phenoxy) is 1. The van der Waals surface area contributed by atoms with E-state index < -0.39 is 34.3 Å². The molecule has 0 aliphatic carbocycles. The molecule has 28 heavy (non-hydrogen) atoms. The van der Waals surface area contributed by atoms with Crippen molar-refractivity contribution in [3.8, 4) is 23.3 Å². The molecule has 1 atom stereocenters. The number of rotatable bonds is 1. The number of nitrogens with one attached hydrogen (secondary N) is 2. The van der Waals surface area contributed by atoms with Gasteiger partial charge in [0.05, 0.1) is 17.0 Å². The van der Waals surface area contributed by atoms with E-state index in [1.54, 1.807) is 0 Å². The Hall–Kier alpha value is -4.02. The van der Waals surface area contributed by atoms with E-state index >= 15 is 0 Å². The largest absolute Gasteiger partial charge is 0.508 e. The van der Waals surface area contributed by atoms with Gasteiger partial charge in [0.25, 0.3) is 11.1 Å². The summed E-state index contributed by atoms with van der Waals surface area (Å²) in [6.07, 6.45) is 0. The van der Waals surface area contributed by atoms with Crippen LogP contribution in [0.2, 0.25) is 0 Å². The molecular formula is C17H14N4O7. The van der Waals surface area contributed by atoms with Gasteiger partial charge in [0, 0.05) is 25.7 Å². The van der Waals surface area contributed by atoms with Crippen molar-refractivity contribution in [2.24, 2.45) is 14.1 Å². The summed E-state index contributed by atoms with van der Waals surface area (Å²) in [4.78, 5) is 53.6. The fourth-order valence-electron chi connectivity index (χ4n) is 3.26. The van der Waals surface area contributed by atoms with Gasteiger partial charge < -0.3 is 14.9 Å². The zero-order valence-electron chi connectivity index (χ0n) is 14.6. The van der Waals surface area contributed by atoms with Crippen molar-refractivity contribution < 1.29 is 14.9 Å².